The van der Waals surface area contributed by atoms with E-state index in [-0.39, 0.29) is 12.1 Å². The molecule has 8 nitrogen and oxygen atoms in total. The zero-order valence-corrected chi connectivity index (χ0v) is 15.7. The zero-order valence-electron chi connectivity index (χ0n) is 15.7. The maximum absolute atomic E-state index is 12.0. The van der Waals surface area contributed by atoms with Gasteiger partial charge < -0.3 is 19.8 Å². The third-order valence-electron chi connectivity index (χ3n) is 4.87. The number of benzene rings is 1. The minimum atomic E-state index is -0.400. The number of esters is 1. The summed E-state index contributed by atoms with van der Waals surface area (Å²) in [5.74, 6) is 1.27. The van der Waals surface area contributed by atoms with E-state index in [4.69, 9.17) is 15.2 Å². The molecule has 0 radical (unpaired) electrons. The standard InChI is InChI=1S/C20H21N5O3/c1-12-6-7-17(15(8-12)20(26)27-2)28-14-9-13(10-14)25-11-22-24-19(25)16-4-3-5-18(21)23-16/h3-8,11,13-14H,9-10H2,1-2H3,(H2,21,23). The van der Waals surface area contributed by atoms with Crippen LogP contribution in [0.25, 0.3) is 11.5 Å². The molecule has 1 aromatic carbocycles. The molecule has 0 atom stereocenters. The molecule has 2 heterocycles. The molecule has 3 aromatic rings. The van der Waals surface area contributed by atoms with Crippen molar-refractivity contribution in [3.05, 3.63) is 53.9 Å². The number of hydrogen-bond donors (Lipinski definition) is 1. The molecule has 1 aliphatic carbocycles. The summed E-state index contributed by atoms with van der Waals surface area (Å²) in [4.78, 5) is 16.3. The summed E-state index contributed by atoms with van der Waals surface area (Å²) >= 11 is 0. The molecule has 1 saturated carbocycles. The largest absolute Gasteiger partial charge is 0.489 e. The van der Waals surface area contributed by atoms with Crippen LogP contribution in [0.2, 0.25) is 0 Å². The first kappa shape index (κ1) is 18.0. The Bertz CT molecular complexity index is 1010. The van der Waals surface area contributed by atoms with Crippen LogP contribution in [-0.2, 0) is 4.74 Å². The molecule has 0 aliphatic heterocycles. The minimum absolute atomic E-state index is 0.000152. The van der Waals surface area contributed by atoms with Crippen LogP contribution in [-0.4, -0.2) is 38.9 Å². The van der Waals surface area contributed by atoms with E-state index in [0.29, 0.717) is 28.6 Å². The van der Waals surface area contributed by atoms with Gasteiger partial charge in [-0.3, -0.25) is 0 Å². The Balaban J connectivity index is 1.47. The fraction of sp³-hybridized carbons (Fsp3) is 0.300. The number of aromatic nitrogens is 4. The average molecular weight is 379 g/mol. The van der Waals surface area contributed by atoms with Crippen LogP contribution in [0.4, 0.5) is 5.82 Å². The number of ether oxygens (including phenoxy) is 2. The van der Waals surface area contributed by atoms with Crippen LogP contribution >= 0.6 is 0 Å². The summed E-state index contributed by atoms with van der Waals surface area (Å²) in [5.41, 5.74) is 7.89. The monoisotopic (exact) mass is 379 g/mol. The van der Waals surface area contributed by atoms with Crippen LogP contribution in [0.15, 0.2) is 42.7 Å². The number of pyridine rings is 1. The van der Waals surface area contributed by atoms with Gasteiger partial charge in [-0.1, -0.05) is 17.7 Å². The van der Waals surface area contributed by atoms with Crippen molar-refractivity contribution < 1.29 is 14.3 Å². The van der Waals surface area contributed by atoms with Gasteiger partial charge in [0.05, 0.1) is 7.11 Å². The molecule has 2 aromatic heterocycles. The lowest BCUT2D eigenvalue weighted by Gasteiger charge is -2.36. The van der Waals surface area contributed by atoms with Crippen molar-refractivity contribution in [3.8, 4) is 17.3 Å². The quantitative estimate of drug-likeness (QED) is 0.680. The molecular formula is C20H21N5O3. The van der Waals surface area contributed by atoms with E-state index in [2.05, 4.69) is 15.2 Å². The first-order chi connectivity index (χ1) is 13.5. The van der Waals surface area contributed by atoms with E-state index in [9.17, 15) is 4.79 Å². The molecule has 0 unspecified atom stereocenters. The Labute approximate surface area is 162 Å². The van der Waals surface area contributed by atoms with Gasteiger partial charge in [-0.05, 0) is 31.2 Å². The fourth-order valence-electron chi connectivity index (χ4n) is 3.33. The van der Waals surface area contributed by atoms with E-state index >= 15 is 0 Å². The van der Waals surface area contributed by atoms with E-state index in [1.165, 1.54) is 7.11 Å². The molecule has 1 aliphatic rings. The number of hydrogen-bond acceptors (Lipinski definition) is 7. The van der Waals surface area contributed by atoms with Crippen molar-refractivity contribution in [3.63, 3.8) is 0 Å². The van der Waals surface area contributed by atoms with Gasteiger partial charge in [-0.25, -0.2) is 9.78 Å². The van der Waals surface area contributed by atoms with E-state index in [1.807, 2.05) is 35.8 Å². The fourth-order valence-corrected chi connectivity index (χ4v) is 3.33. The van der Waals surface area contributed by atoms with Crippen molar-refractivity contribution in [2.24, 2.45) is 0 Å². The van der Waals surface area contributed by atoms with Crippen molar-refractivity contribution >= 4 is 11.8 Å². The molecule has 0 saturated heterocycles. The predicted octanol–water partition coefficient (Wildman–Crippen LogP) is 2.80. The Hall–Kier alpha value is -3.42. The Morgan fingerprint density at radius 2 is 2.07 bits per heavy atom. The number of rotatable bonds is 5. The molecule has 4 rings (SSSR count). The molecule has 28 heavy (non-hydrogen) atoms. The Morgan fingerprint density at radius 3 is 2.82 bits per heavy atom. The van der Waals surface area contributed by atoms with Gasteiger partial charge >= 0.3 is 5.97 Å². The second-order valence-electron chi connectivity index (χ2n) is 6.87. The molecular weight excluding hydrogens is 358 g/mol. The van der Waals surface area contributed by atoms with Crippen molar-refractivity contribution in [1.82, 2.24) is 19.7 Å². The van der Waals surface area contributed by atoms with Gasteiger partial charge in [-0.2, -0.15) is 0 Å². The van der Waals surface area contributed by atoms with Crippen LogP contribution < -0.4 is 10.5 Å². The SMILES string of the molecule is COC(=O)c1cc(C)ccc1OC1CC(n2cnnc2-c2cccc(N)n2)C1. The second-order valence-corrected chi connectivity index (χ2v) is 6.87. The van der Waals surface area contributed by atoms with E-state index in [0.717, 1.165) is 18.4 Å². The molecule has 0 amide bonds. The first-order valence-electron chi connectivity index (χ1n) is 9.03. The van der Waals surface area contributed by atoms with E-state index in [1.54, 1.807) is 18.5 Å². The summed E-state index contributed by atoms with van der Waals surface area (Å²) in [7, 11) is 1.37. The number of carbonyl (C=O) groups excluding carboxylic acids is 1. The lowest BCUT2D eigenvalue weighted by Crippen LogP contribution is -2.36. The summed E-state index contributed by atoms with van der Waals surface area (Å²) in [6.07, 6.45) is 3.26. The van der Waals surface area contributed by atoms with Crippen LogP contribution in [0, 0.1) is 6.92 Å². The molecule has 144 valence electrons. The molecule has 1 fully saturated rings. The van der Waals surface area contributed by atoms with Gasteiger partial charge in [0, 0.05) is 18.9 Å². The minimum Gasteiger partial charge on any atom is -0.489 e. The number of nitrogens with two attached hydrogens (primary N) is 1. The third-order valence-corrected chi connectivity index (χ3v) is 4.87. The zero-order chi connectivity index (χ0) is 19.7. The lowest BCUT2D eigenvalue weighted by atomic mass is 9.88. The van der Waals surface area contributed by atoms with Crippen LogP contribution in [0.1, 0.15) is 34.8 Å². The number of methoxy groups -OCH3 is 1. The molecule has 2 N–H and O–H groups in total. The van der Waals surface area contributed by atoms with Gasteiger partial charge in [0.15, 0.2) is 5.82 Å². The highest BCUT2D eigenvalue weighted by Gasteiger charge is 2.34. The molecule has 0 spiro atoms. The number of carbonyl (C=O) groups is 1. The number of aryl methyl sites for hydroxylation is 1. The van der Waals surface area contributed by atoms with Gasteiger partial charge in [-0.15, -0.1) is 10.2 Å². The Morgan fingerprint density at radius 1 is 1.25 bits per heavy atom. The second kappa shape index (κ2) is 7.30. The summed E-state index contributed by atoms with van der Waals surface area (Å²) in [6.45, 7) is 1.92. The highest BCUT2D eigenvalue weighted by molar-refractivity contribution is 5.92. The summed E-state index contributed by atoms with van der Waals surface area (Å²) < 4.78 is 12.9. The first-order valence-corrected chi connectivity index (χ1v) is 9.03. The van der Waals surface area contributed by atoms with E-state index < -0.39 is 5.97 Å². The number of nitrogen functional groups attached to an aromatic ring is 1. The predicted molar refractivity (Wildman–Crippen MR) is 103 cm³/mol. The topological polar surface area (TPSA) is 105 Å². The van der Waals surface area contributed by atoms with Gasteiger partial charge in [0.1, 0.15) is 35.3 Å². The molecule has 0 bridgehead atoms. The highest BCUT2D eigenvalue weighted by Crippen LogP contribution is 2.38. The average Bonchev–Trinajstić information content (AvgIpc) is 3.13. The van der Waals surface area contributed by atoms with Gasteiger partial charge in [0.25, 0.3) is 0 Å². The smallest absolute Gasteiger partial charge is 0.341 e. The van der Waals surface area contributed by atoms with Crippen LogP contribution in [0.3, 0.4) is 0 Å². The maximum Gasteiger partial charge on any atom is 0.341 e. The lowest BCUT2D eigenvalue weighted by molar-refractivity contribution is 0.0552. The van der Waals surface area contributed by atoms with Crippen molar-refractivity contribution in [2.75, 3.05) is 12.8 Å². The number of nitrogens with zero attached hydrogens (tertiary/aromatic N) is 4. The van der Waals surface area contributed by atoms with Gasteiger partial charge in [0.2, 0.25) is 0 Å². The van der Waals surface area contributed by atoms with Crippen molar-refractivity contribution in [1.29, 1.82) is 0 Å². The molecule has 8 heteroatoms. The maximum atomic E-state index is 12.0. The normalized spacial score (nSPS) is 18.4. The summed E-state index contributed by atoms with van der Waals surface area (Å²) in [5, 5.41) is 8.22. The van der Waals surface area contributed by atoms with Crippen LogP contribution in [0.5, 0.6) is 5.75 Å². The number of anilines is 1. The third kappa shape index (κ3) is 3.40. The Kier molecular flexibility index (Phi) is 4.68. The summed E-state index contributed by atoms with van der Waals surface area (Å²) in [6, 6.07) is 11.1. The van der Waals surface area contributed by atoms with Crippen molar-refractivity contribution in [2.45, 2.75) is 31.9 Å². The highest BCUT2D eigenvalue weighted by atomic mass is 16.5.